The van der Waals surface area contributed by atoms with E-state index < -0.39 is 0 Å². The van der Waals surface area contributed by atoms with Gasteiger partial charge in [-0.1, -0.05) is 30.3 Å². The molecule has 1 aliphatic carbocycles. The molecule has 0 heterocycles. The normalized spacial score (nSPS) is 15.1. The standard InChI is InChI=1S/C12H14O2/c13-12(14-9-11-6-7-11)8-10-4-2-1-3-5-10/h1-5,11H,6-9H2. The van der Waals surface area contributed by atoms with Gasteiger partial charge >= 0.3 is 5.97 Å². The minimum atomic E-state index is -0.108. The molecule has 0 saturated heterocycles. The van der Waals surface area contributed by atoms with E-state index in [2.05, 4.69) is 0 Å². The van der Waals surface area contributed by atoms with E-state index in [1.54, 1.807) is 0 Å². The summed E-state index contributed by atoms with van der Waals surface area (Å²) < 4.78 is 5.13. The fraction of sp³-hybridized carbons (Fsp3) is 0.417. The van der Waals surface area contributed by atoms with E-state index in [0.29, 0.717) is 18.9 Å². The number of carbonyl (C=O) groups is 1. The van der Waals surface area contributed by atoms with E-state index >= 15 is 0 Å². The van der Waals surface area contributed by atoms with Crippen LogP contribution < -0.4 is 0 Å². The molecule has 0 bridgehead atoms. The average molecular weight is 190 g/mol. The SMILES string of the molecule is O=C(Cc1ccccc1)OCC1CC1. The van der Waals surface area contributed by atoms with Gasteiger partial charge in [-0.2, -0.15) is 0 Å². The van der Waals surface area contributed by atoms with Gasteiger partial charge in [0.15, 0.2) is 0 Å². The Labute approximate surface area is 83.9 Å². The first-order valence-corrected chi connectivity index (χ1v) is 5.04. The number of esters is 1. The fourth-order valence-corrected chi connectivity index (χ4v) is 1.31. The molecule has 1 aliphatic rings. The van der Waals surface area contributed by atoms with Crippen molar-refractivity contribution in [3.05, 3.63) is 35.9 Å². The van der Waals surface area contributed by atoms with E-state index in [0.717, 1.165) is 5.56 Å². The van der Waals surface area contributed by atoms with Crippen LogP contribution in [0.3, 0.4) is 0 Å². The van der Waals surface area contributed by atoms with Gasteiger partial charge in [-0.15, -0.1) is 0 Å². The fourth-order valence-electron chi connectivity index (χ4n) is 1.31. The predicted molar refractivity (Wildman–Crippen MR) is 53.8 cm³/mol. The second-order valence-electron chi connectivity index (χ2n) is 3.79. The number of carbonyl (C=O) groups excluding carboxylic acids is 1. The number of hydrogen-bond donors (Lipinski definition) is 0. The second-order valence-corrected chi connectivity index (χ2v) is 3.79. The molecule has 0 N–H and O–H groups in total. The zero-order valence-corrected chi connectivity index (χ0v) is 8.11. The molecule has 0 amide bonds. The Morgan fingerprint density at radius 1 is 1.29 bits per heavy atom. The van der Waals surface area contributed by atoms with Crippen molar-refractivity contribution in [3.8, 4) is 0 Å². The Hall–Kier alpha value is -1.31. The van der Waals surface area contributed by atoms with Gasteiger partial charge in [0.25, 0.3) is 0 Å². The average Bonchev–Trinajstić information content (AvgIpc) is 3.00. The highest BCUT2D eigenvalue weighted by Crippen LogP contribution is 2.28. The summed E-state index contributed by atoms with van der Waals surface area (Å²) in [7, 11) is 0. The first-order valence-electron chi connectivity index (χ1n) is 5.04. The van der Waals surface area contributed by atoms with Crippen LogP contribution in [0.4, 0.5) is 0 Å². The van der Waals surface area contributed by atoms with Crippen LogP contribution in [0.15, 0.2) is 30.3 Å². The summed E-state index contributed by atoms with van der Waals surface area (Å²) >= 11 is 0. The molecule has 74 valence electrons. The minimum Gasteiger partial charge on any atom is -0.465 e. The Bertz CT molecular complexity index is 301. The van der Waals surface area contributed by atoms with Crippen molar-refractivity contribution in [2.24, 2.45) is 5.92 Å². The zero-order valence-electron chi connectivity index (χ0n) is 8.11. The highest BCUT2D eigenvalue weighted by atomic mass is 16.5. The van der Waals surface area contributed by atoms with E-state index in [1.165, 1.54) is 12.8 Å². The first-order chi connectivity index (χ1) is 6.84. The summed E-state index contributed by atoms with van der Waals surface area (Å²) in [6.07, 6.45) is 2.84. The first kappa shape index (κ1) is 9.25. The minimum absolute atomic E-state index is 0.108. The Kier molecular flexibility index (Phi) is 2.82. The van der Waals surface area contributed by atoms with Crippen molar-refractivity contribution in [2.75, 3.05) is 6.61 Å². The van der Waals surface area contributed by atoms with E-state index in [9.17, 15) is 4.79 Å². The molecule has 0 unspecified atom stereocenters. The molecule has 2 heteroatoms. The summed E-state index contributed by atoms with van der Waals surface area (Å²) in [4.78, 5) is 11.3. The Morgan fingerprint density at radius 3 is 2.64 bits per heavy atom. The van der Waals surface area contributed by atoms with Crippen LogP contribution in [0.1, 0.15) is 18.4 Å². The third kappa shape index (κ3) is 2.87. The molecular formula is C12H14O2. The molecule has 0 aliphatic heterocycles. The van der Waals surface area contributed by atoms with Crippen LogP contribution in [-0.4, -0.2) is 12.6 Å². The highest BCUT2D eigenvalue weighted by Gasteiger charge is 2.22. The molecule has 1 saturated carbocycles. The van der Waals surface area contributed by atoms with Crippen molar-refractivity contribution >= 4 is 5.97 Å². The van der Waals surface area contributed by atoms with Gasteiger partial charge in [0, 0.05) is 0 Å². The third-order valence-corrected chi connectivity index (χ3v) is 2.37. The van der Waals surface area contributed by atoms with Gasteiger partial charge in [-0.25, -0.2) is 0 Å². The molecule has 0 spiro atoms. The van der Waals surface area contributed by atoms with E-state index in [1.807, 2.05) is 30.3 Å². The van der Waals surface area contributed by atoms with Crippen molar-refractivity contribution in [3.63, 3.8) is 0 Å². The maximum Gasteiger partial charge on any atom is 0.310 e. The summed E-state index contributed by atoms with van der Waals surface area (Å²) in [6, 6.07) is 9.70. The number of hydrogen-bond acceptors (Lipinski definition) is 2. The second kappa shape index (κ2) is 4.27. The summed E-state index contributed by atoms with van der Waals surface area (Å²) in [5, 5.41) is 0. The molecule has 0 aromatic heterocycles. The van der Waals surface area contributed by atoms with Crippen molar-refractivity contribution in [1.29, 1.82) is 0 Å². The van der Waals surface area contributed by atoms with Crippen molar-refractivity contribution in [1.82, 2.24) is 0 Å². The third-order valence-electron chi connectivity index (χ3n) is 2.37. The van der Waals surface area contributed by atoms with Gasteiger partial charge in [0.2, 0.25) is 0 Å². The van der Waals surface area contributed by atoms with Gasteiger partial charge in [0.05, 0.1) is 13.0 Å². The topological polar surface area (TPSA) is 26.3 Å². The molecule has 0 atom stereocenters. The van der Waals surface area contributed by atoms with E-state index in [-0.39, 0.29) is 5.97 Å². The quantitative estimate of drug-likeness (QED) is 0.680. The maximum atomic E-state index is 11.3. The van der Waals surface area contributed by atoms with Gasteiger partial charge < -0.3 is 4.74 Å². The van der Waals surface area contributed by atoms with Gasteiger partial charge in [-0.3, -0.25) is 4.79 Å². The van der Waals surface area contributed by atoms with Gasteiger partial charge in [0.1, 0.15) is 0 Å². The summed E-state index contributed by atoms with van der Waals surface area (Å²) in [6.45, 7) is 0.617. The van der Waals surface area contributed by atoms with Crippen LogP contribution in [0.5, 0.6) is 0 Å². The lowest BCUT2D eigenvalue weighted by Gasteiger charge is -2.03. The lowest BCUT2D eigenvalue weighted by Crippen LogP contribution is -2.09. The van der Waals surface area contributed by atoms with Crippen LogP contribution in [0.2, 0.25) is 0 Å². The Morgan fingerprint density at radius 2 is 2.00 bits per heavy atom. The van der Waals surface area contributed by atoms with E-state index in [4.69, 9.17) is 4.74 Å². The van der Waals surface area contributed by atoms with Crippen LogP contribution in [0, 0.1) is 5.92 Å². The highest BCUT2D eigenvalue weighted by molar-refractivity contribution is 5.72. The molecule has 0 radical (unpaired) electrons. The van der Waals surface area contributed by atoms with Gasteiger partial charge in [-0.05, 0) is 24.3 Å². The largest absolute Gasteiger partial charge is 0.465 e. The number of benzene rings is 1. The lowest BCUT2D eigenvalue weighted by molar-refractivity contribution is -0.143. The van der Waals surface area contributed by atoms with Crippen LogP contribution in [-0.2, 0) is 16.0 Å². The monoisotopic (exact) mass is 190 g/mol. The lowest BCUT2D eigenvalue weighted by atomic mass is 10.2. The zero-order chi connectivity index (χ0) is 9.80. The number of rotatable bonds is 4. The smallest absolute Gasteiger partial charge is 0.310 e. The predicted octanol–water partition coefficient (Wildman–Crippen LogP) is 2.18. The maximum absolute atomic E-state index is 11.3. The molecular weight excluding hydrogens is 176 g/mol. The molecule has 2 nitrogen and oxygen atoms in total. The molecule has 1 fully saturated rings. The Balaban J connectivity index is 1.76. The molecule has 2 rings (SSSR count). The van der Waals surface area contributed by atoms with Crippen molar-refractivity contribution in [2.45, 2.75) is 19.3 Å². The molecule has 14 heavy (non-hydrogen) atoms. The van der Waals surface area contributed by atoms with Crippen LogP contribution >= 0.6 is 0 Å². The molecule has 1 aromatic carbocycles. The summed E-state index contributed by atoms with van der Waals surface area (Å²) in [5.74, 6) is 0.540. The van der Waals surface area contributed by atoms with Crippen molar-refractivity contribution < 1.29 is 9.53 Å². The summed E-state index contributed by atoms with van der Waals surface area (Å²) in [5.41, 5.74) is 1.02. The van der Waals surface area contributed by atoms with Crippen LogP contribution in [0.25, 0.3) is 0 Å². The number of ether oxygens (including phenoxy) is 1. The molecule has 1 aromatic rings.